The van der Waals surface area contributed by atoms with Crippen LogP contribution in [0.5, 0.6) is 11.5 Å². The number of carboxylic acids is 1. The molecule has 2 aromatic carbocycles. The van der Waals surface area contributed by atoms with E-state index in [-0.39, 0.29) is 18.1 Å². The minimum Gasteiger partial charge on any atom is -0.493 e. The molecule has 0 radical (unpaired) electrons. The summed E-state index contributed by atoms with van der Waals surface area (Å²) in [6.07, 6.45) is 0.664. The van der Waals surface area contributed by atoms with Gasteiger partial charge in [-0.3, -0.25) is 9.69 Å². The SMILES string of the molecule is COc1cc2c(cc1OC)CN(C(C(=O)O)c1ccc(N)c(F)c1)CC2.Cl. The second-order valence-electron chi connectivity index (χ2n) is 6.22. The zero-order chi connectivity index (χ0) is 18.8. The molecule has 0 bridgehead atoms. The number of aliphatic carboxylic acids is 1. The Labute approximate surface area is 163 Å². The van der Waals surface area contributed by atoms with E-state index in [1.165, 1.54) is 12.1 Å². The van der Waals surface area contributed by atoms with Gasteiger partial charge in [-0.05, 0) is 47.4 Å². The first-order valence-electron chi connectivity index (χ1n) is 8.20. The molecule has 1 aliphatic rings. The van der Waals surface area contributed by atoms with Crippen LogP contribution < -0.4 is 15.2 Å². The Balaban J connectivity index is 0.00000261. The smallest absolute Gasteiger partial charge is 0.325 e. The Morgan fingerprint density at radius 1 is 1.19 bits per heavy atom. The molecule has 0 spiro atoms. The number of fused-ring (bicyclic) bond motifs is 1. The van der Waals surface area contributed by atoms with E-state index in [9.17, 15) is 14.3 Å². The highest BCUT2D eigenvalue weighted by molar-refractivity contribution is 5.85. The van der Waals surface area contributed by atoms with Gasteiger partial charge >= 0.3 is 5.97 Å². The average Bonchev–Trinajstić information content (AvgIpc) is 2.63. The summed E-state index contributed by atoms with van der Waals surface area (Å²) in [5, 5.41) is 9.73. The lowest BCUT2D eigenvalue weighted by atomic mass is 9.95. The van der Waals surface area contributed by atoms with Gasteiger partial charge in [-0.25, -0.2) is 4.39 Å². The van der Waals surface area contributed by atoms with Gasteiger partial charge in [0.25, 0.3) is 0 Å². The van der Waals surface area contributed by atoms with Crippen LogP contribution in [0.1, 0.15) is 22.7 Å². The van der Waals surface area contributed by atoms with Crippen molar-refractivity contribution in [2.24, 2.45) is 0 Å². The third-order valence-electron chi connectivity index (χ3n) is 4.69. The van der Waals surface area contributed by atoms with Crippen LogP contribution in [0.4, 0.5) is 10.1 Å². The lowest BCUT2D eigenvalue weighted by molar-refractivity contribution is -0.144. The Hall–Kier alpha value is -2.51. The first-order valence-corrected chi connectivity index (χ1v) is 8.20. The minimum absolute atomic E-state index is 0. The zero-order valence-electron chi connectivity index (χ0n) is 15.1. The van der Waals surface area contributed by atoms with Crippen molar-refractivity contribution in [2.45, 2.75) is 19.0 Å². The number of rotatable bonds is 5. The average molecular weight is 397 g/mol. The fraction of sp³-hybridized carbons (Fsp3) is 0.316. The van der Waals surface area contributed by atoms with E-state index < -0.39 is 17.8 Å². The first kappa shape index (κ1) is 20.8. The van der Waals surface area contributed by atoms with Crippen molar-refractivity contribution in [3.63, 3.8) is 0 Å². The number of ether oxygens (including phenoxy) is 2. The van der Waals surface area contributed by atoms with Crippen LogP contribution in [0.25, 0.3) is 0 Å². The van der Waals surface area contributed by atoms with Crippen molar-refractivity contribution in [3.05, 3.63) is 52.8 Å². The highest BCUT2D eigenvalue weighted by atomic mass is 35.5. The topological polar surface area (TPSA) is 85.0 Å². The van der Waals surface area contributed by atoms with E-state index in [1.54, 1.807) is 20.3 Å². The van der Waals surface area contributed by atoms with Crippen LogP contribution in [-0.2, 0) is 17.8 Å². The molecule has 0 fully saturated rings. The molecule has 0 aliphatic carbocycles. The fourth-order valence-corrected chi connectivity index (χ4v) is 3.35. The van der Waals surface area contributed by atoms with Gasteiger partial charge in [0.2, 0.25) is 0 Å². The maximum Gasteiger partial charge on any atom is 0.325 e. The molecule has 8 heteroatoms. The number of nitrogens with zero attached hydrogens (tertiary/aromatic N) is 1. The summed E-state index contributed by atoms with van der Waals surface area (Å²) in [5.41, 5.74) is 7.93. The van der Waals surface area contributed by atoms with Gasteiger partial charge in [-0.15, -0.1) is 12.4 Å². The largest absolute Gasteiger partial charge is 0.493 e. The van der Waals surface area contributed by atoms with E-state index in [2.05, 4.69) is 0 Å². The molecular formula is C19H22ClFN2O4. The number of carbonyl (C=O) groups is 1. The van der Waals surface area contributed by atoms with E-state index in [0.717, 1.165) is 11.1 Å². The predicted octanol–water partition coefficient (Wildman–Crippen LogP) is 3.03. The molecule has 146 valence electrons. The second kappa shape index (κ2) is 8.45. The van der Waals surface area contributed by atoms with Gasteiger partial charge in [0.05, 0.1) is 19.9 Å². The number of nitrogen functional groups attached to an aromatic ring is 1. The summed E-state index contributed by atoms with van der Waals surface area (Å²) in [6, 6.07) is 6.98. The molecule has 1 unspecified atom stereocenters. The monoisotopic (exact) mass is 396 g/mol. The predicted molar refractivity (Wildman–Crippen MR) is 102 cm³/mol. The normalized spacial score (nSPS) is 14.6. The summed E-state index contributed by atoms with van der Waals surface area (Å²) in [5.74, 6) is -0.399. The second-order valence-corrected chi connectivity index (χ2v) is 6.22. The quantitative estimate of drug-likeness (QED) is 0.756. The molecule has 0 aromatic heterocycles. The van der Waals surface area contributed by atoms with Gasteiger partial charge in [0.1, 0.15) is 11.9 Å². The van der Waals surface area contributed by atoms with E-state index in [4.69, 9.17) is 15.2 Å². The molecule has 27 heavy (non-hydrogen) atoms. The van der Waals surface area contributed by atoms with E-state index in [1.807, 2.05) is 17.0 Å². The van der Waals surface area contributed by atoms with Crippen LogP contribution in [0.2, 0.25) is 0 Å². The number of carboxylic acid groups (broad SMARTS) is 1. The summed E-state index contributed by atoms with van der Waals surface area (Å²) >= 11 is 0. The molecule has 1 aliphatic heterocycles. The van der Waals surface area contributed by atoms with Crippen molar-refractivity contribution < 1.29 is 23.8 Å². The molecule has 3 N–H and O–H groups in total. The molecule has 0 saturated carbocycles. The molecule has 6 nitrogen and oxygen atoms in total. The van der Waals surface area contributed by atoms with Gasteiger partial charge in [-0.1, -0.05) is 6.07 Å². The van der Waals surface area contributed by atoms with Crippen molar-refractivity contribution in [3.8, 4) is 11.5 Å². The number of methoxy groups -OCH3 is 2. The van der Waals surface area contributed by atoms with Crippen LogP contribution in [0, 0.1) is 5.82 Å². The third kappa shape index (κ3) is 4.09. The number of anilines is 1. The summed E-state index contributed by atoms with van der Waals surface area (Å²) in [4.78, 5) is 13.7. The number of hydrogen-bond acceptors (Lipinski definition) is 5. The highest BCUT2D eigenvalue weighted by Crippen LogP contribution is 2.35. The van der Waals surface area contributed by atoms with Gasteiger partial charge in [-0.2, -0.15) is 0 Å². The number of benzene rings is 2. The molecule has 0 amide bonds. The lowest BCUT2D eigenvalue weighted by Crippen LogP contribution is -2.38. The van der Waals surface area contributed by atoms with Crippen LogP contribution in [-0.4, -0.2) is 36.7 Å². The minimum atomic E-state index is -1.03. The summed E-state index contributed by atoms with van der Waals surface area (Å²) in [7, 11) is 3.14. The molecule has 3 rings (SSSR count). The van der Waals surface area contributed by atoms with Gasteiger partial charge in [0, 0.05) is 13.1 Å². The Morgan fingerprint density at radius 2 is 1.81 bits per heavy atom. The molecule has 2 aromatic rings. The summed E-state index contributed by atoms with van der Waals surface area (Å²) < 4.78 is 24.5. The Morgan fingerprint density at radius 3 is 2.37 bits per heavy atom. The van der Waals surface area contributed by atoms with Gasteiger partial charge < -0.3 is 20.3 Å². The maximum absolute atomic E-state index is 13.8. The van der Waals surface area contributed by atoms with Crippen molar-refractivity contribution in [1.82, 2.24) is 4.90 Å². The molecule has 1 heterocycles. The van der Waals surface area contributed by atoms with Gasteiger partial charge in [0.15, 0.2) is 11.5 Å². The van der Waals surface area contributed by atoms with Crippen molar-refractivity contribution >= 4 is 24.1 Å². The Kier molecular flexibility index (Phi) is 6.51. The number of halogens is 2. The van der Waals surface area contributed by atoms with Crippen LogP contribution in [0.15, 0.2) is 30.3 Å². The molecular weight excluding hydrogens is 375 g/mol. The highest BCUT2D eigenvalue weighted by Gasteiger charge is 2.31. The number of nitrogens with two attached hydrogens (primary N) is 1. The standard InChI is InChI=1S/C19H21FN2O4.ClH/c1-25-16-8-11-5-6-22(10-13(11)9-17(16)26-2)18(19(23)24)12-3-4-15(21)14(20)7-12;/h3-4,7-9,18H,5-6,10,21H2,1-2H3,(H,23,24);1H. The Bertz CT molecular complexity index is 847. The molecule has 0 saturated heterocycles. The van der Waals surface area contributed by atoms with Crippen LogP contribution >= 0.6 is 12.4 Å². The first-order chi connectivity index (χ1) is 12.4. The van der Waals surface area contributed by atoms with E-state index >= 15 is 0 Å². The summed E-state index contributed by atoms with van der Waals surface area (Å²) in [6.45, 7) is 0.949. The van der Waals surface area contributed by atoms with Crippen molar-refractivity contribution in [2.75, 3.05) is 26.5 Å². The maximum atomic E-state index is 13.8. The third-order valence-corrected chi connectivity index (χ3v) is 4.69. The lowest BCUT2D eigenvalue weighted by Gasteiger charge is -2.34. The fourth-order valence-electron chi connectivity index (χ4n) is 3.35. The van der Waals surface area contributed by atoms with E-state index in [0.29, 0.717) is 36.6 Å². The van der Waals surface area contributed by atoms with Crippen molar-refractivity contribution in [1.29, 1.82) is 0 Å². The number of hydrogen-bond donors (Lipinski definition) is 2. The zero-order valence-corrected chi connectivity index (χ0v) is 15.9. The van der Waals surface area contributed by atoms with Crippen LogP contribution in [0.3, 0.4) is 0 Å². The molecule has 1 atom stereocenters.